The summed E-state index contributed by atoms with van der Waals surface area (Å²) in [5.74, 6) is 0.875. The summed E-state index contributed by atoms with van der Waals surface area (Å²) < 4.78 is 5.44. The van der Waals surface area contributed by atoms with Crippen molar-refractivity contribution in [1.29, 1.82) is 0 Å². The molecule has 0 radical (unpaired) electrons. The Bertz CT molecular complexity index is 794. The van der Waals surface area contributed by atoms with Crippen molar-refractivity contribution in [2.45, 2.75) is 39.1 Å². The highest BCUT2D eigenvalue weighted by Gasteiger charge is 2.37. The van der Waals surface area contributed by atoms with E-state index in [0.29, 0.717) is 17.1 Å². The quantitative estimate of drug-likeness (QED) is 0.699. The zero-order valence-electron chi connectivity index (χ0n) is 12.6. The number of aromatic hydroxyl groups is 1. The van der Waals surface area contributed by atoms with Gasteiger partial charge in [0.05, 0.1) is 0 Å². The number of hydrogen-bond donors (Lipinski definition) is 3. The first-order valence-electron chi connectivity index (χ1n) is 7.50. The van der Waals surface area contributed by atoms with Crippen LogP contribution in [0.25, 0.3) is 11.1 Å². The van der Waals surface area contributed by atoms with Gasteiger partial charge in [0.1, 0.15) is 17.6 Å². The van der Waals surface area contributed by atoms with Gasteiger partial charge in [-0.05, 0) is 66.1 Å². The first-order chi connectivity index (χ1) is 10.5. The van der Waals surface area contributed by atoms with Crippen LogP contribution in [-0.2, 0) is 12.8 Å². The van der Waals surface area contributed by atoms with Gasteiger partial charge in [0.25, 0.3) is 0 Å². The highest BCUT2D eigenvalue weighted by molar-refractivity contribution is 5.81. The topological polar surface area (TPSA) is 69.9 Å². The number of phenolic OH excluding ortho intramolecular Hbond substituents is 1. The molecule has 0 unspecified atom stereocenters. The SMILES string of the molecule is Cc1cc2c(c3c1O[C@H](O)[C@H]3O)-c1ccc(O)c(C)c1CC2. The van der Waals surface area contributed by atoms with Crippen LogP contribution in [0.5, 0.6) is 11.5 Å². The van der Waals surface area contributed by atoms with E-state index in [-0.39, 0.29) is 0 Å². The number of ether oxygens (including phenoxy) is 1. The molecule has 0 bridgehead atoms. The maximum Gasteiger partial charge on any atom is 0.228 e. The summed E-state index contributed by atoms with van der Waals surface area (Å²) in [7, 11) is 0. The first kappa shape index (κ1) is 13.6. The maximum absolute atomic E-state index is 10.4. The molecule has 2 aromatic rings. The van der Waals surface area contributed by atoms with Crippen LogP contribution in [0.4, 0.5) is 0 Å². The lowest BCUT2D eigenvalue weighted by Gasteiger charge is -2.25. The van der Waals surface area contributed by atoms with Crippen molar-refractivity contribution in [3.8, 4) is 22.6 Å². The predicted molar refractivity (Wildman–Crippen MR) is 82.0 cm³/mol. The summed E-state index contributed by atoms with van der Waals surface area (Å²) in [5.41, 5.74) is 6.72. The molecule has 0 aromatic heterocycles. The summed E-state index contributed by atoms with van der Waals surface area (Å²) in [6.45, 7) is 3.84. The Balaban J connectivity index is 2.06. The third-order valence-electron chi connectivity index (χ3n) is 4.87. The Labute approximate surface area is 128 Å². The van der Waals surface area contributed by atoms with Crippen LogP contribution in [0.1, 0.15) is 33.9 Å². The molecule has 1 aliphatic carbocycles. The van der Waals surface area contributed by atoms with Gasteiger partial charge < -0.3 is 20.1 Å². The molecule has 1 heterocycles. The van der Waals surface area contributed by atoms with E-state index in [2.05, 4.69) is 6.07 Å². The van der Waals surface area contributed by atoms with Crippen LogP contribution >= 0.6 is 0 Å². The van der Waals surface area contributed by atoms with Gasteiger partial charge >= 0.3 is 0 Å². The Morgan fingerprint density at radius 3 is 2.68 bits per heavy atom. The Hall–Kier alpha value is -2.04. The van der Waals surface area contributed by atoms with Crippen molar-refractivity contribution in [2.75, 3.05) is 0 Å². The summed E-state index contributed by atoms with van der Waals surface area (Å²) >= 11 is 0. The number of fused-ring (bicyclic) bond motifs is 5. The Morgan fingerprint density at radius 2 is 1.91 bits per heavy atom. The molecule has 0 saturated heterocycles. The van der Waals surface area contributed by atoms with Gasteiger partial charge in [0.15, 0.2) is 0 Å². The minimum absolute atomic E-state index is 0.294. The van der Waals surface area contributed by atoms with Gasteiger partial charge in [0, 0.05) is 5.56 Å². The molecule has 3 N–H and O–H groups in total. The van der Waals surface area contributed by atoms with E-state index < -0.39 is 12.4 Å². The number of phenols is 1. The fourth-order valence-electron chi connectivity index (χ4n) is 3.74. The Morgan fingerprint density at radius 1 is 1.14 bits per heavy atom. The molecule has 22 heavy (non-hydrogen) atoms. The summed E-state index contributed by atoms with van der Waals surface area (Å²) in [4.78, 5) is 0. The molecule has 4 rings (SSSR count). The zero-order chi connectivity index (χ0) is 15.6. The van der Waals surface area contributed by atoms with Gasteiger partial charge in [-0.25, -0.2) is 0 Å². The van der Waals surface area contributed by atoms with Crippen molar-refractivity contribution >= 4 is 0 Å². The largest absolute Gasteiger partial charge is 0.508 e. The third kappa shape index (κ3) is 1.65. The molecule has 2 aromatic carbocycles. The van der Waals surface area contributed by atoms with Gasteiger partial charge in [-0.3, -0.25) is 0 Å². The van der Waals surface area contributed by atoms with Gasteiger partial charge in [0.2, 0.25) is 6.29 Å². The number of aryl methyl sites for hydroxylation is 2. The average Bonchev–Trinajstić information content (AvgIpc) is 2.79. The highest BCUT2D eigenvalue weighted by atomic mass is 16.6. The minimum Gasteiger partial charge on any atom is -0.508 e. The molecular weight excluding hydrogens is 280 g/mol. The molecule has 2 atom stereocenters. The summed E-state index contributed by atoms with van der Waals surface area (Å²) in [6, 6.07) is 5.65. The van der Waals surface area contributed by atoms with Crippen molar-refractivity contribution in [3.63, 3.8) is 0 Å². The number of rotatable bonds is 0. The third-order valence-corrected chi connectivity index (χ3v) is 4.87. The molecular formula is C18H18O4. The standard InChI is InChI=1S/C18H18O4/c1-8-7-10-3-4-11-9(2)13(19)6-5-12(11)14(10)15-16(20)18(21)22-17(8)15/h5-7,16,18-21H,3-4H2,1-2H3/t16-,18-/m0/s1. The van der Waals surface area contributed by atoms with E-state index in [1.54, 1.807) is 6.07 Å². The molecule has 114 valence electrons. The lowest BCUT2D eigenvalue weighted by molar-refractivity contribution is -0.0828. The lowest BCUT2D eigenvalue weighted by atomic mass is 9.79. The van der Waals surface area contributed by atoms with E-state index in [9.17, 15) is 15.3 Å². The van der Waals surface area contributed by atoms with E-state index in [1.807, 2.05) is 19.9 Å². The smallest absolute Gasteiger partial charge is 0.228 e. The first-order valence-corrected chi connectivity index (χ1v) is 7.50. The second-order valence-electron chi connectivity index (χ2n) is 6.16. The fraction of sp³-hybridized carbons (Fsp3) is 0.333. The van der Waals surface area contributed by atoms with E-state index in [1.165, 1.54) is 0 Å². The molecule has 1 aliphatic heterocycles. The fourth-order valence-corrected chi connectivity index (χ4v) is 3.74. The van der Waals surface area contributed by atoms with Gasteiger partial charge in [-0.1, -0.05) is 12.1 Å². The van der Waals surface area contributed by atoms with Crippen LogP contribution in [0.2, 0.25) is 0 Å². The molecule has 4 nitrogen and oxygen atoms in total. The molecule has 0 saturated carbocycles. The van der Waals surface area contributed by atoms with Crippen molar-refractivity contribution in [3.05, 3.63) is 46.0 Å². The van der Waals surface area contributed by atoms with Crippen molar-refractivity contribution in [2.24, 2.45) is 0 Å². The summed E-state index contributed by atoms with van der Waals surface area (Å²) in [5, 5.41) is 30.2. The van der Waals surface area contributed by atoms with Gasteiger partial charge in [-0.15, -0.1) is 0 Å². The summed E-state index contributed by atoms with van der Waals surface area (Å²) in [6.07, 6.45) is -0.545. The molecule has 2 aliphatic rings. The van der Waals surface area contributed by atoms with E-state index in [0.717, 1.165) is 46.2 Å². The van der Waals surface area contributed by atoms with Crippen LogP contribution in [0, 0.1) is 13.8 Å². The predicted octanol–water partition coefficient (Wildman–Crippen LogP) is 2.52. The number of aliphatic hydroxyl groups is 2. The van der Waals surface area contributed by atoms with Crippen LogP contribution in [-0.4, -0.2) is 21.6 Å². The normalized spacial score (nSPS) is 21.8. The number of hydrogen-bond acceptors (Lipinski definition) is 4. The molecule has 0 fully saturated rings. The van der Waals surface area contributed by atoms with Gasteiger partial charge in [-0.2, -0.15) is 0 Å². The lowest BCUT2D eigenvalue weighted by Crippen LogP contribution is -2.17. The molecule has 0 spiro atoms. The van der Waals surface area contributed by atoms with Crippen LogP contribution in [0.15, 0.2) is 18.2 Å². The number of aliphatic hydroxyl groups excluding tert-OH is 2. The van der Waals surface area contributed by atoms with E-state index in [4.69, 9.17) is 4.74 Å². The second kappa shape index (κ2) is 4.48. The average molecular weight is 298 g/mol. The van der Waals surface area contributed by atoms with Crippen LogP contribution < -0.4 is 4.74 Å². The molecule has 0 amide bonds. The van der Waals surface area contributed by atoms with Crippen LogP contribution in [0.3, 0.4) is 0 Å². The Kier molecular flexibility index (Phi) is 2.77. The van der Waals surface area contributed by atoms with E-state index >= 15 is 0 Å². The zero-order valence-corrected chi connectivity index (χ0v) is 12.6. The minimum atomic E-state index is -1.22. The maximum atomic E-state index is 10.4. The highest BCUT2D eigenvalue weighted by Crippen LogP contribution is 2.49. The monoisotopic (exact) mass is 298 g/mol. The second-order valence-corrected chi connectivity index (χ2v) is 6.16. The van der Waals surface area contributed by atoms with Crippen molar-refractivity contribution in [1.82, 2.24) is 0 Å². The number of benzene rings is 2. The van der Waals surface area contributed by atoms with Crippen molar-refractivity contribution < 1.29 is 20.1 Å². The molecule has 4 heteroatoms.